The summed E-state index contributed by atoms with van der Waals surface area (Å²) >= 11 is 0. The summed E-state index contributed by atoms with van der Waals surface area (Å²) in [6.07, 6.45) is 3.20. The molecule has 24 heavy (non-hydrogen) atoms. The Morgan fingerprint density at radius 1 is 1.17 bits per heavy atom. The number of aromatic nitrogens is 1. The summed E-state index contributed by atoms with van der Waals surface area (Å²) in [7, 11) is 1.72. The SMILES string of the molecule is CCC1Cc2[nH]c3cccc(Cc4cccc(OC)c4)c3c2CN1. The molecule has 0 aliphatic carbocycles. The highest BCUT2D eigenvalue weighted by atomic mass is 16.5. The summed E-state index contributed by atoms with van der Waals surface area (Å²) in [5, 5.41) is 5.07. The number of aromatic amines is 1. The highest BCUT2D eigenvalue weighted by molar-refractivity contribution is 5.88. The van der Waals surface area contributed by atoms with Crippen LogP contribution in [0, 0.1) is 0 Å². The van der Waals surface area contributed by atoms with Crippen molar-refractivity contribution < 1.29 is 4.74 Å². The maximum Gasteiger partial charge on any atom is 0.119 e. The van der Waals surface area contributed by atoms with Crippen molar-refractivity contribution in [3.8, 4) is 5.75 Å². The lowest BCUT2D eigenvalue weighted by atomic mass is 9.95. The molecule has 0 amide bonds. The molecule has 0 saturated heterocycles. The number of fused-ring (bicyclic) bond motifs is 3. The molecule has 0 fully saturated rings. The van der Waals surface area contributed by atoms with Crippen LogP contribution in [0.15, 0.2) is 42.5 Å². The molecule has 1 aliphatic rings. The van der Waals surface area contributed by atoms with Gasteiger partial charge in [-0.25, -0.2) is 0 Å². The van der Waals surface area contributed by atoms with Crippen LogP contribution >= 0.6 is 0 Å². The number of benzene rings is 2. The standard InChI is InChI=1S/C21H24N2O/c1-3-16-12-20-18(13-22-16)21-15(7-5-9-19(21)23-20)10-14-6-4-8-17(11-14)24-2/h4-9,11,16,22-23H,3,10,12-13H2,1-2H3. The molecular formula is C21H24N2O. The van der Waals surface area contributed by atoms with E-state index in [-0.39, 0.29) is 0 Å². The molecule has 3 aromatic rings. The monoisotopic (exact) mass is 320 g/mol. The molecule has 3 nitrogen and oxygen atoms in total. The van der Waals surface area contributed by atoms with Gasteiger partial charge < -0.3 is 15.0 Å². The predicted molar refractivity (Wildman–Crippen MR) is 98.7 cm³/mol. The molecule has 0 spiro atoms. The van der Waals surface area contributed by atoms with E-state index in [4.69, 9.17) is 4.74 Å². The van der Waals surface area contributed by atoms with Crippen molar-refractivity contribution in [2.75, 3.05) is 7.11 Å². The summed E-state index contributed by atoms with van der Waals surface area (Å²) in [5.41, 5.74) is 6.79. The second kappa shape index (κ2) is 6.33. The van der Waals surface area contributed by atoms with Crippen molar-refractivity contribution in [2.24, 2.45) is 0 Å². The topological polar surface area (TPSA) is 37.0 Å². The van der Waals surface area contributed by atoms with Crippen LogP contribution in [0.2, 0.25) is 0 Å². The Morgan fingerprint density at radius 3 is 2.88 bits per heavy atom. The molecule has 1 aliphatic heterocycles. The number of rotatable bonds is 4. The van der Waals surface area contributed by atoms with E-state index in [1.807, 2.05) is 6.07 Å². The van der Waals surface area contributed by atoms with Gasteiger partial charge in [-0.1, -0.05) is 31.2 Å². The number of nitrogens with one attached hydrogen (secondary N) is 2. The molecule has 1 atom stereocenters. The van der Waals surface area contributed by atoms with Crippen LogP contribution in [0.25, 0.3) is 10.9 Å². The van der Waals surface area contributed by atoms with E-state index < -0.39 is 0 Å². The Morgan fingerprint density at radius 2 is 2.04 bits per heavy atom. The Balaban J connectivity index is 1.74. The Bertz CT molecular complexity index is 865. The van der Waals surface area contributed by atoms with Gasteiger partial charge in [-0.05, 0) is 47.7 Å². The number of ether oxygens (including phenoxy) is 1. The Kier molecular flexibility index (Phi) is 4.03. The largest absolute Gasteiger partial charge is 0.497 e. The average molecular weight is 320 g/mol. The van der Waals surface area contributed by atoms with Gasteiger partial charge in [0, 0.05) is 35.6 Å². The lowest BCUT2D eigenvalue weighted by Crippen LogP contribution is -2.34. The van der Waals surface area contributed by atoms with E-state index >= 15 is 0 Å². The fraction of sp³-hybridized carbons (Fsp3) is 0.333. The van der Waals surface area contributed by atoms with Crippen LogP contribution in [-0.2, 0) is 19.4 Å². The van der Waals surface area contributed by atoms with Crippen molar-refractivity contribution in [3.05, 3.63) is 64.8 Å². The molecule has 0 radical (unpaired) electrons. The highest BCUT2D eigenvalue weighted by Crippen LogP contribution is 2.31. The molecule has 0 bridgehead atoms. The first kappa shape index (κ1) is 15.3. The van der Waals surface area contributed by atoms with Gasteiger partial charge in [-0.3, -0.25) is 0 Å². The van der Waals surface area contributed by atoms with Crippen LogP contribution in [-0.4, -0.2) is 18.1 Å². The Hall–Kier alpha value is -2.26. The summed E-state index contributed by atoms with van der Waals surface area (Å²) < 4.78 is 5.36. The third kappa shape index (κ3) is 2.69. The third-order valence-electron chi connectivity index (χ3n) is 5.14. The van der Waals surface area contributed by atoms with E-state index in [0.717, 1.165) is 25.1 Å². The van der Waals surface area contributed by atoms with Crippen LogP contribution in [0.4, 0.5) is 0 Å². The second-order valence-electron chi connectivity index (χ2n) is 6.64. The summed E-state index contributed by atoms with van der Waals surface area (Å²) in [4.78, 5) is 3.66. The van der Waals surface area contributed by atoms with Gasteiger partial charge in [0.15, 0.2) is 0 Å². The molecule has 1 unspecified atom stereocenters. The zero-order chi connectivity index (χ0) is 16.5. The van der Waals surface area contributed by atoms with Crippen molar-refractivity contribution in [2.45, 2.75) is 38.8 Å². The second-order valence-corrected chi connectivity index (χ2v) is 6.64. The van der Waals surface area contributed by atoms with Crippen molar-refractivity contribution in [1.82, 2.24) is 10.3 Å². The minimum absolute atomic E-state index is 0.590. The average Bonchev–Trinajstić information content (AvgIpc) is 3.00. The van der Waals surface area contributed by atoms with Gasteiger partial charge in [-0.2, -0.15) is 0 Å². The van der Waals surface area contributed by atoms with Crippen molar-refractivity contribution >= 4 is 10.9 Å². The van der Waals surface area contributed by atoms with Crippen LogP contribution < -0.4 is 10.1 Å². The van der Waals surface area contributed by atoms with Gasteiger partial charge in [0.25, 0.3) is 0 Å². The van der Waals surface area contributed by atoms with Gasteiger partial charge in [-0.15, -0.1) is 0 Å². The summed E-state index contributed by atoms with van der Waals surface area (Å²) in [6.45, 7) is 3.21. The molecule has 2 N–H and O–H groups in total. The third-order valence-corrected chi connectivity index (χ3v) is 5.14. The van der Waals surface area contributed by atoms with E-state index in [0.29, 0.717) is 6.04 Å². The maximum absolute atomic E-state index is 5.36. The van der Waals surface area contributed by atoms with Crippen molar-refractivity contribution in [1.29, 1.82) is 0 Å². The minimum atomic E-state index is 0.590. The fourth-order valence-corrected chi connectivity index (χ4v) is 3.82. The predicted octanol–water partition coefficient (Wildman–Crippen LogP) is 4.19. The van der Waals surface area contributed by atoms with Crippen LogP contribution in [0.3, 0.4) is 0 Å². The molecular weight excluding hydrogens is 296 g/mol. The quantitative estimate of drug-likeness (QED) is 0.756. The minimum Gasteiger partial charge on any atom is -0.497 e. The number of methoxy groups -OCH3 is 1. The maximum atomic E-state index is 5.36. The van der Waals surface area contributed by atoms with Gasteiger partial charge >= 0.3 is 0 Å². The summed E-state index contributed by atoms with van der Waals surface area (Å²) in [6, 6.07) is 15.6. The van der Waals surface area contributed by atoms with Crippen LogP contribution in [0.5, 0.6) is 5.75 Å². The molecule has 4 rings (SSSR count). The van der Waals surface area contributed by atoms with E-state index in [1.54, 1.807) is 7.11 Å². The molecule has 3 heteroatoms. The van der Waals surface area contributed by atoms with Crippen molar-refractivity contribution in [3.63, 3.8) is 0 Å². The fourth-order valence-electron chi connectivity index (χ4n) is 3.82. The lowest BCUT2D eigenvalue weighted by Gasteiger charge is -2.23. The van der Waals surface area contributed by atoms with E-state index in [1.165, 1.54) is 39.7 Å². The Labute approximate surface area is 143 Å². The molecule has 2 aromatic carbocycles. The smallest absolute Gasteiger partial charge is 0.119 e. The van der Waals surface area contributed by atoms with Gasteiger partial charge in [0.05, 0.1) is 7.11 Å². The zero-order valence-electron chi connectivity index (χ0n) is 14.4. The number of H-pyrrole nitrogens is 1. The molecule has 1 aromatic heterocycles. The molecule has 124 valence electrons. The molecule has 0 saturated carbocycles. The van der Waals surface area contributed by atoms with Gasteiger partial charge in [0.1, 0.15) is 5.75 Å². The lowest BCUT2D eigenvalue weighted by molar-refractivity contribution is 0.414. The van der Waals surface area contributed by atoms with E-state index in [9.17, 15) is 0 Å². The highest BCUT2D eigenvalue weighted by Gasteiger charge is 2.22. The number of hydrogen-bond acceptors (Lipinski definition) is 2. The first-order chi connectivity index (χ1) is 11.8. The zero-order valence-corrected chi connectivity index (χ0v) is 14.4. The summed E-state index contributed by atoms with van der Waals surface area (Å²) in [5.74, 6) is 0.920. The normalized spacial score (nSPS) is 17.0. The molecule has 2 heterocycles. The van der Waals surface area contributed by atoms with Crippen LogP contribution in [0.1, 0.15) is 35.7 Å². The number of hydrogen-bond donors (Lipinski definition) is 2. The first-order valence-corrected chi connectivity index (χ1v) is 8.76. The first-order valence-electron chi connectivity index (χ1n) is 8.76. The van der Waals surface area contributed by atoms with E-state index in [2.05, 4.69) is 53.6 Å². The van der Waals surface area contributed by atoms with Gasteiger partial charge in [0.2, 0.25) is 0 Å².